The summed E-state index contributed by atoms with van der Waals surface area (Å²) in [5, 5.41) is 2.81. The molecule has 35 heavy (non-hydrogen) atoms. The second-order valence-corrected chi connectivity index (χ2v) is 11.0. The quantitative estimate of drug-likeness (QED) is 0.644. The van der Waals surface area contributed by atoms with Gasteiger partial charge in [-0.1, -0.05) is 19.4 Å². The minimum Gasteiger partial charge on any atom is -0.489 e. The number of piperidine rings is 2. The normalized spacial score (nSPS) is 29.5. The molecule has 190 valence electrons. The van der Waals surface area contributed by atoms with Crippen molar-refractivity contribution in [2.75, 3.05) is 20.2 Å². The summed E-state index contributed by atoms with van der Waals surface area (Å²) >= 11 is 0. The standard InChI is InChI=1S/C28H39N3O4/c1-19-9-12-24(26(32)29-19)31-18-20-17-21(10-11-22(20)27(31)33)35-25-8-6-4-5-7-23(25)30-15-13-28(2,34-3)14-16-30/h10-11,17,23-25H,1,4-9,12-16,18H2,2-3H3,(H,29,32)/t23-,24?,25-/m0/s1. The molecule has 0 radical (unpaired) electrons. The predicted octanol–water partition coefficient (Wildman–Crippen LogP) is 4.02. The number of carbonyl (C=O) groups excluding carboxylic acids is 2. The first kappa shape index (κ1) is 24.3. The molecule has 1 aliphatic carbocycles. The first-order valence-corrected chi connectivity index (χ1v) is 13.3. The highest BCUT2D eigenvalue weighted by atomic mass is 16.5. The molecule has 1 aromatic carbocycles. The van der Waals surface area contributed by atoms with Gasteiger partial charge in [-0.3, -0.25) is 14.5 Å². The largest absolute Gasteiger partial charge is 0.489 e. The summed E-state index contributed by atoms with van der Waals surface area (Å²) in [5.74, 6) is 0.628. The lowest BCUT2D eigenvalue weighted by Gasteiger charge is -2.43. The van der Waals surface area contributed by atoms with E-state index in [1.807, 2.05) is 25.3 Å². The van der Waals surface area contributed by atoms with Gasteiger partial charge in [0.25, 0.3) is 5.91 Å². The summed E-state index contributed by atoms with van der Waals surface area (Å²) in [4.78, 5) is 29.9. The van der Waals surface area contributed by atoms with Gasteiger partial charge >= 0.3 is 0 Å². The van der Waals surface area contributed by atoms with Crippen molar-refractivity contribution in [3.8, 4) is 5.75 Å². The van der Waals surface area contributed by atoms with Crippen molar-refractivity contribution >= 4 is 11.8 Å². The maximum atomic E-state index is 13.1. The number of hydrogen-bond acceptors (Lipinski definition) is 5. The van der Waals surface area contributed by atoms with Crippen molar-refractivity contribution in [3.63, 3.8) is 0 Å². The molecule has 0 aromatic heterocycles. The molecule has 2 amide bonds. The van der Waals surface area contributed by atoms with E-state index in [2.05, 4.69) is 23.7 Å². The Morgan fingerprint density at radius 1 is 1.09 bits per heavy atom. The molecule has 1 unspecified atom stereocenters. The molecule has 0 spiro atoms. The highest BCUT2D eigenvalue weighted by Gasteiger charge is 2.39. The smallest absolute Gasteiger partial charge is 0.255 e. The fraction of sp³-hybridized carbons (Fsp3) is 0.643. The van der Waals surface area contributed by atoms with Crippen molar-refractivity contribution < 1.29 is 19.1 Å². The zero-order valence-corrected chi connectivity index (χ0v) is 21.2. The lowest BCUT2D eigenvalue weighted by molar-refractivity contribution is -0.126. The second kappa shape index (κ2) is 9.94. The van der Waals surface area contributed by atoms with E-state index in [9.17, 15) is 9.59 Å². The molecule has 4 aliphatic rings. The highest BCUT2D eigenvalue weighted by Crippen LogP contribution is 2.34. The van der Waals surface area contributed by atoms with Gasteiger partial charge in [-0.05, 0) is 75.6 Å². The molecule has 1 N–H and O–H groups in total. The molecule has 3 heterocycles. The number of methoxy groups -OCH3 is 1. The lowest BCUT2D eigenvalue weighted by Crippen LogP contribution is -2.52. The first-order valence-electron chi connectivity index (χ1n) is 13.3. The van der Waals surface area contributed by atoms with Crippen LogP contribution in [0.15, 0.2) is 30.5 Å². The van der Waals surface area contributed by atoms with Crippen LogP contribution < -0.4 is 10.1 Å². The number of benzene rings is 1. The summed E-state index contributed by atoms with van der Waals surface area (Å²) in [6.45, 7) is 8.59. The molecule has 3 fully saturated rings. The number of hydrogen-bond donors (Lipinski definition) is 1. The number of nitrogens with zero attached hydrogens (tertiary/aromatic N) is 2. The van der Waals surface area contributed by atoms with E-state index in [-0.39, 0.29) is 23.5 Å². The Morgan fingerprint density at radius 2 is 1.86 bits per heavy atom. The van der Waals surface area contributed by atoms with Gasteiger partial charge in [-0.2, -0.15) is 0 Å². The summed E-state index contributed by atoms with van der Waals surface area (Å²) in [6, 6.07) is 5.80. The highest BCUT2D eigenvalue weighted by molar-refractivity contribution is 6.01. The van der Waals surface area contributed by atoms with Gasteiger partial charge in [0.15, 0.2) is 0 Å². The van der Waals surface area contributed by atoms with Crippen LogP contribution in [0.4, 0.5) is 0 Å². The molecule has 3 aliphatic heterocycles. The molecule has 3 atom stereocenters. The summed E-state index contributed by atoms with van der Waals surface area (Å²) < 4.78 is 12.4. The van der Waals surface area contributed by atoms with E-state index in [1.165, 1.54) is 19.3 Å². The molecule has 7 heteroatoms. The monoisotopic (exact) mass is 481 g/mol. The summed E-state index contributed by atoms with van der Waals surface area (Å²) in [7, 11) is 1.82. The zero-order valence-electron chi connectivity index (χ0n) is 21.2. The average Bonchev–Trinajstić information content (AvgIpc) is 3.00. The molecule has 1 saturated carbocycles. The van der Waals surface area contributed by atoms with Crippen LogP contribution >= 0.6 is 0 Å². The van der Waals surface area contributed by atoms with E-state index >= 15 is 0 Å². The van der Waals surface area contributed by atoms with E-state index in [1.54, 1.807) is 4.90 Å². The lowest BCUT2D eigenvalue weighted by atomic mass is 9.91. The van der Waals surface area contributed by atoms with Crippen molar-refractivity contribution in [3.05, 3.63) is 41.6 Å². The molecule has 1 aromatic rings. The average molecular weight is 482 g/mol. The Bertz CT molecular complexity index is 984. The van der Waals surface area contributed by atoms with E-state index in [0.717, 1.165) is 55.8 Å². The van der Waals surface area contributed by atoms with Gasteiger partial charge in [-0.25, -0.2) is 0 Å². The number of amides is 2. The van der Waals surface area contributed by atoms with Crippen LogP contribution in [0, 0.1) is 0 Å². The fourth-order valence-electron chi connectivity index (χ4n) is 6.22. The first-order chi connectivity index (χ1) is 16.9. The molecular formula is C28H39N3O4. The van der Waals surface area contributed by atoms with Crippen LogP contribution in [0.5, 0.6) is 5.75 Å². The van der Waals surface area contributed by atoms with Crippen molar-refractivity contribution in [2.45, 2.75) is 95.0 Å². The van der Waals surface area contributed by atoms with Crippen LogP contribution in [0.2, 0.25) is 0 Å². The Kier molecular flexibility index (Phi) is 6.91. The molecule has 2 saturated heterocycles. The van der Waals surface area contributed by atoms with Crippen molar-refractivity contribution in [1.29, 1.82) is 0 Å². The Hall–Kier alpha value is -2.38. The summed E-state index contributed by atoms with van der Waals surface area (Å²) in [5.41, 5.74) is 2.34. The van der Waals surface area contributed by atoms with Gasteiger partial charge in [0.05, 0.1) is 5.60 Å². The van der Waals surface area contributed by atoms with Crippen LogP contribution in [0.25, 0.3) is 0 Å². The number of fused-ring (bicyclic) bond motifs is 1. The third kappa shape index (κ3) is 4.98. The van der Waals surface area contributed by atoms with Gasteiger partial charge in [0, 0.05) is 44.0 Å². The number of rotatable bonds is 5. The van der Waals surface area contributed by atoms with Crippen molar-refractivity contribution in [1.82, 2.24) is 15.1 Å². The molecule has 0 bridgehead atoms. The van der Waals surface area contributed by atoms with E-state index < -0.39 is 6.04 Å². The second-order valence-electron chi connectivity index (χ2n) is 11.0. The van der Waals surface area contributed by atoms with Gasteiger partial charge < -0.3 is 19.7 Å². The van der Waals surface area contributed by atoms with Gasteiger partial charge in [-0.15, -0.1) is 0 Å². The Morgan fingerprint density at radius 3 is 2.60 bits per heavy atom. The number of likely N-dealkylation sites (tertiary alicyclic amines) is 1. The SMILES string of the molecule is C=C1CCC(N2Cc3cc(O[C@H]4CCCCC[C@@H]4N4CCC(C)(OC)CC4)ccc3C2=O)C(=O)N1. The predicted molar refractivity (Wildman–Crippen MR) is 134 cm³/mol. The fourth-order valence-corrected chi connectivity index (χ4v) is 6.22. The van der Waals surface area contributed by atoms with Crippen LogP contribution in [-0.2, 0) is 16.1 Å². The van der Waals surface area contributed by atoms with E-state index in [0.29, 0.717) is 31.0 Å². The zero-order chi connectivity index (χ0) is 24.6. The number of nitrogens with one attached hydrogen (secondary N) is 1. The molecule has 5 rings (SSSR count). The van der Waals surface area contributed by atoms with Gasteiger partial charge in [0.1, 0.15) is 17.9 Å². The number of carbonyl (C=O) groups is 2. The maximum Gasteiger partial charge on any atom is 0.255 e. The van der Waals surface area contributed by atoms with Crippen LogP contribution in [0.3, 0.4) is 0 Å². The van der Waals surface area contributed by atoms with Crippen LogP contribution in [-0.4, -0.2) is 65.6 Å². The van der Waals surface area contributed by atoms with Crippen LogP contribution in [0.1, 0.15) is 80.6 Å². The maximum absolute atomic E-state index is 13.1. The number of allylic oxidation sites excluding steroid dienone is 1. The third-order valence-corrected chi connectivity index (χ3v) is 8.63. The third-order valence-electron chi connectivity index (χ3n) is 8.63. The molecular weight excluding hydrogens is 442 g/mol. The Balaban J connectivity index is 1.28. The topological polar surface area (TPSA) is 71.1 Å². The van der Waals surface area contributed by atoms with Crippen molar-refractivity contribution in [2.24, 2.45) is 0 Å². The minimum atomic E-state index is -0.437. The summed E-state index contributed by atoms with van der Waals surface area (Å²) in [6.07, 6.45) is 9.45. The Labute approximate surface area is 208 Å². The minimum absolute atomic E-state index is 0.0154. The van der Waals surface area contributed by atoms with E-state index in [4.69, 9.17) is 9.47 Å². The van der Waals surface area contributed by atoms with Gasteiger partial charge in [0.2, 0.25) is 5.91 Å². The molecule has 7 nitrogen and oxygen atoms in total. The number of ether oxygens (including phenoxy) is 2.